The molecule has 0 aliphatic carbocycles. The largest absolute Gasteiger partial charge is 0.497 e. The number of hydrogen-bond donors (Lipinski definition) is 1. The van der Waals surface area contributed by atoms with Crippen molar-refractivity contribution in [2.75, 3.05) is 13.7 Å². The number of carboxylic acid groups (broad SMARTS) is 1. The van der Waals surface area contributed by atoms with Crippen molar-refractivity contribution in [3.63, 3.8) is 0 Å². The predicted octanol–water partition coefficient (Wildman–Crippen LogP) is 2.03. The second kappa shape index (κ2) is 7.33. The number of carboxylic acids is 1. The van der Waals surface area contributed by atoms with E-state index >= 15 is 0 Å². The monoisotopic (exact) mass is 277 g/mol. The van der Waals surface area contributed by atoms with Crippen molar-refractivity contribution < 1.29 is 19.4 Å². The maximum Gasteiger partial charge on any atom is 0.323 e. The molecule has 108 valence electrons. The molecule has 0 saturated carbocycles. The Morgan fingerprint density at radius 3 is 2.35 bits per heavy atom. The van der Waals surface area contributed by atoms with Gasteiger partial charge in [-0.2, -0.15) is 0 Å². The summed E-state index contributed by atoms with van der Waals surface area (Å²) in [6.45, 7) is 3.26. The van der Waals surface area contributed by atoms with Gasteiger partial charge in [-0.25, -0.2) is 0 Å². The fraction of sp³-hybridized carbons (Fsp3) is 0.333. The maximum atomic E-state index is 12.0. The highest BCUT2D eigenvalue weighted by Gasteiger charge is 2.17. The van der Waals surface area contributed by atoms with E-state index in [0.29, 0.717) is 0 Å². The van der Waals surface area contributed by atoms with E-state index in [1.54, 1.807) is 39.2 Å². The molecule has 1 aromatic carbocycles. The van der Waals surface area contributed by atoms with Crippen LogP contribution in [-0.4, -0.2) is 41.6 Å². The van der Waals surface area contributed by atoms with Crippen molar-refractivity contribution in [2.45, 2.75) is 19.9 Å². The lowest BCUT2D eigenvalue weighted by molar-refractivity contribution is -0.143. The molecule has 0 bridgehead atoms. The zero-order valence-corrected chi connectivity index (χ0v) is 11.9. The van der Waals surface area contributed by atoms with Gasteiger partial charge in [-0.3, -0.25) is 9.59 Å². The molecule has 20 heavy (non-hydrogen) atoms. The van der Waals surface area contributed by atoms with E-state index in [-0.39, 0.29) is 18.5 Å². The molecule has 1 aromatic rings. The summed E-state index contributed by atoms with van der Waals surface area (Å²) in [6, 6.07) is 7.06. The van der Waals surface area contributed by atoms with Crippen LogP contribution in [0.4, 0.5) is 0 Å². The average molecular weight is 277 g/mol. The number of ether oxygens (including phenoxy) is 1. The molecule has 0 aliphatic heterocycles. The summed E-state index contributed by atoms with van der Waals surface area (Å²) in [5.41, 5.74) is 0.846. The number of carbonyl (C=O) groups is 2. The maximum absolute atomic E-state index is 12.0. The van der Waals surface area contributed by atoms with Crippen LogP contribution >= 0.6 is 0 Å². The number of amides is 1. The lowest BCUT2D eigenvalue weighted by Crippen LogP contribution is -2.39. The third-order valence-electron chi connectivity index (χ3n) is 2.75. The van der Waals surface area contributed by atoms with Gasteiger partial charge in [-0.15, -0.1) is 0 Å². The van der Waals surface area contributed by atoms with Crippen LogP contribution in [-0.2, 0) is 9.59 Å². The topological polar surface area (TPSA) is 66.8 Å². The summed E-state index contributed by atoms with van der Waals surface area (Å²) < 4.78 is 5.04. The zero-order chi connectivity index (χ0) is 15.1. The molecule has 1 amide bonds. The number of nitrogens with zero attached hydrogens (tertiary/aromatic N) is 1. The van der Waals surface area contributed by atoms with E-state index in [4.69, 9.17) is 9.84 Å². The molecule has 0 atom stereocenters. The van der Waals surface area contributed by atoms with Crippen molar-refractivity contribution in [1.29, 1.82) is 0 Å². The predicted molar refractivity (Wildman–Crippen MR) is 76.5 cm³/mol. The third-order valence-corrected chi connectivity index (χ3v) is 2.75. The SMILES string of the molecule is COc1ccc(/C=C/C(=O)N(CC(=O)O)C(C)C)cc1. The van der Waals surface area contributed by atoms with Crippen LogP contribution in [0.25, 0.3) is 6.08 Å². The normalized spacial score (nSPS) is 10.8. The number of rotatable bonds is 6. The fourth-order valence-electron chi connectivity index (χ4n) is 1.64. The van der Waals surface area contributed by atoms with E-state index in [9.17, 15) is 9.59 Å². The average Bonchev–Trinajstić information content (AvgIpc) is 2.42. The molecule has 1 rings (SSSR count). The summed E-state index contributed by atoms with van der Waals surface area (Å²) in [7, 11) is 1.58. The van der Waals surface area contributed by atoms with Crippen LogP contribution in [0.2, 0.25) is 0 Å². The third kappa shape index (κ3) is 4.76. The van der Waals surface area contributed by atoms with Crippen LogP contribution < -0.4 is 4.74 Å². The van der Waals surface area contributed by atoms with Crippen molar-refractivity contribution >= 4 is 18.0 Å². The van der Waals surface area contributed by atoms with Crippen molar-refractivity contribution in [2.24, 2.45) is 0 Å². The minimum absolute atomic E-state index is 0.167. The summed E-state index contributed by atoms with van der Waals surface area (Å²) in [5.74, 6) is -0.605. The van der Waals surface area contributed by atoms with Gasteiger partial charge in [0.15, 0.2) is 0 Å². The van der Waals surface area contributed by atoms with Gasteiger partial charge in [0.25, 0.3) is 0 Å². The highest BCUT2D eigenvalue weighted by molar-refractivity contribution is 5.93. The molecule has 0 unspecified atom stereocenters. The first kappa shape index (κ1) is 15.8. The molecule has 0 aliphatic rings. The van der Waals surface area contributed by atoms with Crippen LogP contribution in [0.1, 0.15) is 19.4 Å². The second-order valence-electron chi connectivity index (χ2n) is 4.56. The molecule has 1 N–H and O–H groups in total. The Balaban J connectivity index is 2.75. The van der Waals surface area contributed by atoms with Gasteiger partial charge in [0.1, 0.15) is 12.3 Å². The Kier molecular flexibility index (Phi) is 5.77. The molecule has 0 spiro atoms. The fourth-order valence-corrected chi connectivity index (χ4v) is 1.64. The highest BCUT2D eigenvalue weighted by atomic mass is 16.5. The Labute approximate surface area is 118 Å². The van der Waals surface area contributed by atoms with Crippen LogP contribution in [0, 0.1) is 0 Å². The van der Waals surface area contributed by atoms with E-state index in [1.165, 1.54) is 11.0 Å². The quantitative estimate of drug-likeness (QED) is 0.808. The Bertz CT molecular complexity index is 491. The van der Waals surface area contributed by atoms with Crippen LogP contribution in [0.15, 0.2) is 30.3 Å². The van der Waals surface area contributed by atoms with Crippen molar-refractivity contribution in [3.8, 4) is 5.75 Å². The standard InChI is InChI=1S/C15H19NO4/c1-11(2)16(10-15(18)19)14(17)9-6-12-4-7-13(20-3)8-5-12/h4-9,11H,10H2,1-3H3,(H,18,19)/b9-6+. The van der Waals surface area contributed by atoms with E-state index in [0.717, 1.165) is 11.3 Å². The molecular formula is C15H19NO4. The Morgan fingerprint density at radius 1 is 1.30 bits per heavy atom. The van der Waals surface area contributed by atoms with E-state index in [2.05, 4.69) is 0 Å². The number of benzene rings is 1. The summed E-state index contributed by atoms with van der Waals surface area (Å²) in [6.07, 6.45) is 3.03. The Morgan fingerprint density at radius 2 is 1.90 bits per heavy atom. The van der Waals surface area contributed by atoms with Gasteiger partial charge in [-0.05, 0) is 37.6 Å². The molecule has 0 heterocycles. The first-order valence-electron chi connectivity index (χ1n) is 6.28. The van der Waals surface area contributed by atoms with E-state index < -0.39 is 5.97 Å². The van der Waals surface area contributed by atoms with Gasteiger partial charge >= 0.3 is 5.97 Å². The van der Waals surface area contributed by atoms with Gasteiger partial charge in [-0.1, -0.05) is 12.1 Å². The van der Waals surface area contributed by atoms with Crippen molar-refractivity contribution in [3.05, 3.63) is 35.9 Å². The minimum Gasteiger partial charge on any atom is -0.497 e. The van der Waals surface area contributed by atoms with E-state index in [1.807, 2.05) is 12.1 Å². The molecule has 0 aromatic heterocycles. The van der Waals surface area contributed by atoms with Crippen LogP contribution in [0.3, 0.4) is 0 Å². The number of carbonyl (C=O) groups excluding carboxylic acids is 1. The summed E-state index contributed by atoms with van der Waals surface area (Å²) in [5, 5.41) is 8.79. The first-order valence-corrected chi connectivity index (χ1v) is 6.28. The summed E-state index contributed by atoms with van der Waals surface area (Å²) in [4.78, 5) is 24.0. The molecular weight excluding hydrogens is 258 g/mol. The van der Waals surface area contributed by atoms with Gasteiger partial charge in [0, 0.05) is 12.1 Å². The lowest BCUT2D eigenvalue weighted by atomic mass is 10.2. The second-order valence-corrected chi connectivity index (χ2v) is 4.56. The lowest BCUT2D eigenvalue weighted by Gasteiger charge is -2.23. The van der Waals surface area contributed by atoms with Gasteiger partial charge in [0.05, 0.1) is 7.11 Å². The molecule has 0 saturated heterocycles. The number of methoxy groups -OCH3 is 1. The highest BCUT2D eigenvalue weighted by Crippen LogP contribution is 2.12. The van der Waals surface area contributed by atoms with Gasteiger partial charge < -0.3 is 14.7 Å². The Hall–Kier alpha value is -2.30. The number of aliphatic carboxylic acids is 1. The minimum atomic E-state index is -1.02. The molecule has 5 heteroatoms. The molecule has 0 radical (unpaired) electrons. The molecule has 5 nitrogen and oxygen atoms in total. The van der Waals surface area contributed by atoms with Crippen LogP contribution in [0.5, 0.6) is 5.75 Å². The summed E-state index contributed by atoms with van der Waals surface area (Å²) >= 11 is 0. The van der Waals surface area contributed by atoms with Crippen molar-refractivity contribution in [1.82, 2.24) is 4.90 Å². The molecule has 0 fully saturated rings. The first-order chi connectivity index (χ1) is 9.43. The number of hydrogen-bond acceptors (Lipinski definition) is 3. The smallest absolute Gasteiger partial charge is 0.323 e. The zero-order valence-electron chi connectivity index (χ0n) is 11.9. The van der Waals surface area contributed by atoms with Gasteiger partial charge in [0.2, 0.25) is 5.91 Å².